The van der Waals surface area contributed by atoms with E-state index >= 15 is 0 Å². The maximum Gasteiger partial charge on any atom is 0.227 e. The molecule has 2 rings (SSSR count). The summed E-state index contributed by atoms with van der Waals surface area (Å²) in [5, 5.41) is 0. The molecular weight excluding hydrogens is 264 g/mol. The van der Waals surface area contributed by atoms with Gasteiger partial charge in [-0.3, -0.25) is 0 Å². The number of rotatable bonds is 4. The van der Waals surface area contributed by atoms with Crippen LogP contribution in [0.2, 0.25) is 0 Å². The van der Waals surface area contributed by atoms with Crippen molar-refractivity contribution >= 4 is 5.82 Å². The normalized spacial score (nSPS) is 10.8. The lowest BCUT2D eigenvalue weighted by Crippen LogP contribution is -2.13. The molecule has 0 saturated heterocycles. The highest BCUT2D eigenvalue weighted by atomic mass is 16.5. The lowest BCUT2D eigenvalue weighted by molar-refractivity contribution is 0.450. The minimum Gasteiger partial charge on any atom is -0.438 e. The third kappa shape index (κ3) is 3.31. The highest BCUT2D eigenvalue weighted by Gasteiger charge is 2.15. The number of benzene rings is 1. The molecule has 1 heterocycles. The standard InChI is InChI=1S/C16H22N4O/c1-9(2)14-18-15(20-17)12(5)16(19-14)21-13-7-6-10(3)8-11(13)4/h6-9H,17H2,1-5H3,(H,18,19,20). The Bertz CT molecular complexity index is 653. The number of nitrogens with zero attached hydrogens (tertiary/aromatic N) is 2. The summed E-state index contributed by atoms with van der Waals surface area (Å²) in [4.78, 5) is 8.91. The van der Waals surface area contributed by atoms with Crippen LogP contribution < -0.4 is 16.0 Å². The van der Waals surface area contributed by atoms with Crippen molar-refractivity contribution in [1.29, 1.82) is 0 Å². The number of nitrogens with one attached hydrogen (secondary N) is 1. The predicted molar refractivity (Wildman–Crippen MR) is 84.7 cm³/mol. The Balaban J connectivity index is 2.45. The summed E-state index contributed by atoms with van der Waals surface area (Å²) in [5.74, 6) is 8.35. The summed E-state index contributed by atoms with van der Waals surface area (Å²) in [6.45, 7) is 10.0. The smallest absolute Gasteiger partial charge is 0.227 e. The van der Waals surface area contributed by atoms with Gasteiger partial charge in [-0.25, -0.2) is 10.8 Å². The lowest BCUT2D eigenvalue weighted by atomic mass is 10.1. The zero-order valence-electron chi connectivity index (χ0n) is 13.2. The number of nitrogen functional groups attached to an aromatic ring is 1. The molecule has 21 heavy (non-hydrogen) atoms. The molecule has 0 fully saturated rings. The van der Waals surface area contributed by atoms with Crippen LogP contribution in [0.3, 0.4) is 0 Å². The van der Waals surface area contributed by atoms with Gasteiger partial charge in [-0.05, 0) is 32.4 Å². The summed E-state index contributed by atoms with van der Waals surface area (Å²) in [6.07, 6.45) is 0. The van der Waals surface area contributed by atoms with E-state index in [0.29, 0.717) is 17.5 Å². The molecule has 112 valence electrons. The summed E-state index contributed by atoms with van der Waals surface area (Å²) < 4.78 is 5.98. The first kappa shape index (κ1) is 15.3. The Morgan fingerprint density at radius 3 is 2.43 bits per heavy atom. The number of hydrazine groups is 1. The van der Waals surface area contributed by atoms with Crippen LogP contribution >= 0.6 is 0 Å². The first-order chi connectivity index (χ1) is 9.92. The van der Waals surface area contributed by atoms with Crippen molar-refractivity contribution < 1.29 is 4.74 Å². The van der Waals surface area contributed by atoms with Crippen molar-refractivity contribution in [3.63, 3.8) is 0 Å². The van der Waals surface area contributed by atoms with Crippen LogP contribution in [0, 0.1) is 20.8 Å². The molecule has 0 bridgehead atoms. The van der Waals surface area contributed by atoms with Crippen LogP contribution in [-0.2, 0) is 0 Å². The van der Waals surface area contributed by atoms with Gasteiger partial charge in [-0.2, -0.15) is 4.98 Å². The van der Waals surface area contributed by atoms with Gasteiger partial charge in [-0.15, -0.1) is 0 Å². The Hall–Kier alpha value is -2.14. The molecule has 5 heteroatoms. The van der Waals surface area contributed by atoms with Gasteiger partial charge in [0.15, 0.2) is 5.82 Å². The van der Waals surface area contributed by atoms with E-state index in [4.69, 9.17) is 10.6 Å². The molecule has 0 aliphatic carbocycles. The molecule has 1 aromatic carbocycles. The highest BCUT2D eigenvalue weighted by Crippen LogP contribution is 2.30. The molecule has 5 nitrogen and oxygen atoms in total. The number of hydrogen-bond acceptors (Lipinski definition) is 5. The molecular formula is C16H22N4O. The largest absolute Gasteiger partial charge is 0.438 e. The molecule has 0 unspecified atom stereocenters. The second-order valence-electron chi connectivity index (χ2n) is 5.53. The third-order valence-corrected chi connectivity index (χ3v) is 3.31. The Labute approximate surface area is 125 Å². The molecule has 3 N–H and O–H groups in total. The van der Waals surface area contributed by atoms with Crippen LogP contribution in [0.1, 0.15) is 42.3 Å². The van der Waals surface area contributed by atoms with Gasteiger partial charge in [0.2, 0.25) is 5.88 Å². The number of aromatic nitrogens is 2. The molecule has 2 aromatic rings. The molecule has 0 amide bonds. The van der Waals surface area contributed by atoms with Crippen molar-refractivity contribution in [1.82, 2.24) is 9.97 Å². The SMILES string of the molecule is Cc1ccc(Oc2nc(C(C)C)nc(NN)c2C)c(C)c1. The molecule has 0 aliphatic heterocycles. The van der Waals surface area contributed by atoms with Crippen LogP contribution in [-0.4, -0.2) is 9.97 Å². The fraction of sp³-hybridized carbons (Fsp3) is 0.375. The maximum absolute atomic E-state index is 5.98. The Morgan fingerprint density at radius 1 is 1.14 bits per heavy atom. The van der Waals surface area contributed by atoms with Gasteiger partial charge in [0, 0.05) is 5.92 Å². The number of hydrogen-bond donors (Lipinski definition) is 2. The van der Waals surface area contributed by atoms with Crippen molar-refractivity contribution in [2.24, 2.45) is 5.84 Å². The minimum atomic E-state index is 0.194. The van der Waals surface area contributed by atoms with E-state index in [0.717, 1.165) is 16.9 Å². The monoisotopic (exact) mass is 286 g/mol. The van der Waals surface area contributed by atoms with E-state index in [9.17, 15) is 0 Å². The first-order valence-corrected chi connectivity index (χ1v) is 7.02. The fourth-order valence-corrected chi connectivity index (χ4v) is 2.03. The average Bonchev–Trinajstić information content (AvgIpc) is 2.43. The van der Waals surface area contributed by atoms with Gasteiger partial charge >= 0.3 is 0 Å². The average molecular weight is 286 g/mol. The zero-order valence-corrected chi connectivity index (χ0v) is 13.2. The number of ether oxygens (including phenoxy) is 1. The van der Waals surface area contributed by atoms with Crippen molar-refractivity contribution in [2.45, 2.75) is 40.5 Å². The van der Waals surface area contributed by atoms with E-state index in [-0.39, 0.29) is 5.92 Å². The summed E-state index contributed by atoms with van der Waals surface area (Å²) >= 11 is 0. The second kappa shape index (κ2) is 6.10. The van der Waals surface area contributed by atoms with E-state index < -0.39 is 0 Å². The Morgan fingerprint density at radius 2 is 1.86 bits per heavy atom. The van der Waals surface area contributed by atoms with Crippen molar-refractivity contribution in [3.05, 3.63) is 40.7 Å². The molecule has 0 atom stereocenters. The van der Waals surface area contributed by atoms with E-state index in [1.54, 1.807) is 0 Å². The van der Waals surface area contributed by atoms with Crippen LogP contribution in [0.5, 0.6) is 11.6 Å². The lowest BCUT2D eigenvalue weighted by Gasteiger charge is -2.15. The van der Waals surface area contributed by atoms with E-state index in [1.807, 2.05) is 39.8 Å². The van der Waals surface area contributed by atoms with Gasteiger partial charge in [-0.1, -0.05) is 31.5 Å². The van der Waals surface area contributed by atoms with E-state index in [2.05, 4.69) is 28.4 Å². The highest BCUT2D eigenvalue weighted by molar-refractivity contribution is 5.49. The Kier molecular flexibility index (Phi) is 4.43. The van der Waals surface area contributed by atoms with Gasteiger partial charge in [0.1, 0.15) is 11.6 Å². The third-order valence-electron chi connectivity index (χ3n) is 3.31. The number of anilines is 1. The first-order valence-electron chi connectivity index (χ1n) is 7.02. The van der Waals surface area contributed by atoms with Gasteiger partial charge in [0.25, 0.3) is 0 Å². The second-order valence-corrected chi connectivity index (χ2v) is 5.53. The zero-order chi connectivity index (χ0) is 15.6. The van der Waals surface area contributed by atoms with Crippen LogP contribution in [0.4, 0.5) is 5.82 Å². The topological polar surface area (TPSA) is 73.1 Å². The van der Waals surface area contributed by atoms with Gasteiger partial charge in [0.05, 0.1) is 5.56 Å². The molecule has 0 saturated carbocycles. The number of nitrogens with two attached hydrogens (primary N) is 1. The van der Waals surface area contributed by atoms with E-state index in [1.165, 1.54) is 5.56 Å². The maximum atomic E-state index is 5.98. The molecule has 0 radical (unpaired) electrons. The summed E-state index contributed by atoms with van der Waals surface area (Å²) in [5.41, 5.74) is 5.67. The van der Waals surface area contributed by atoms with Crippen LogP contribution in [0.15, 0.2) is 18.2 Å². The van der Waals surface area contributed by atoms with Crippen molar-refractivity contribution in [2.75, 3.05) is 5.43 Å². The molecule has 0 aliphatic rings. The van der Waals surface area contributed by atoms with Crippen molar-refractivity contribution in [3.8, 4) is 11.6 Å². The molecule has 1 aromatic heterocycles. The fourth-order valence-electron chi connectivity index (χ4n) is 2.03. The summed E-state index contributed by atoms with van der Waals surface area (Å²) in [7, 11) is 0. The van der Waals surface area contributed by atoms with Crippen LogP contribution in [0.25, 0.3) is 0 Å². The summed E-state index contributed by atoms with van der Waals surface area (Å²) in [6, 6.07) is 6.05. The van der Waals surface area contributed by atoms with Gasteiger partial charge < -0.3 is 10.2 Å². The quantitative estimate of drug-likeness (QED) is 0.663. The predicted octanol–water partition coefficient (Wildman–Crippen LogP) is 3.60. The minimum absolute atomic E-state index is 0.194. The molecule has 0 spiro atoms. The number of aryl methyl sites for hydroxylation is 2.